The van der Waals surface area contributed by atoms with Gasteiger partial charge >= 0.3 is 0 Å². The molecule has 0 bridgehead atoms. The minimum absolute atomic E-state index is 0.139. The molecule has 0 radical (unpaired) electrons. The Morgan fingerprint density at radius 1 is 1.44 bits per heavy atom. The van der Waals surface area contributed by atoms with Crippen molar-refractivity contribution in [3.63, 3.8) is 0 Å². The van der Waals surface area contributed by atoms with Crippen LogP contribution in [-0.2, 0) is 0 Å². The lowest BCUT2D eigenvalue weighted by Crippen LogP contribution is -2.38. The van der Waals surface area contributed by atoms with Gasteiger partial charge in [-0.1, -0.05) is 25.0 Å². The molecule has 0 saturated heterocycles. The van der Waals surface area contributed by atoms with Gasteiger partial charge < -0.3 is 4.90 Å². The number of hydrogen-bond donors (Lipinski definition) is 0. The van der Waals surface area contributed by atoms with Crippen molar-refractivity contribution in [1.82, 2.24) is 4.90 Å². The Balaban J connectivity index is 2.19. The molecule has 1 amide bonds. The van der Waals surface area contributed by atoms with E-state index in [4.69, 9.17) is 0 Å². The van der Waals surface area contributed by atoms with Gasteiger partial charge in [-0.3, -0.25) is 4.79 Å². The third kappa shape index (κ3) is 3.13. The summed E-state index contributed by atoms with van der Waals surface area (Å²) in [5.74, 6) is 0.139. The summed E-state index contributed by atoms with van der Waals surface area (Å²) >= 11 is 2.24. The molecule has 0 aliphatic heterocycles. The highest BCUT2D eigenvalue weighted by Crippen LogP contribution is 2.25. The summed E-state index contributed by atoms with van der Waals surface area (Å²) in [6.45, 7) is 4.42. The predicted molar refractivity (Wildman–Crippen MR) is 82.6 cm³/mol. The molecule has 0 N–H and O–H groups in total. The van der Waals surface area contributed by atoms with Crippen LogP contribution in [0.1, 0.15) is 36.0 Å². The van der Waals surface area contributed by atoms with Crippen molar-refractivity contribution in [2.75, 3.05) is 6.54 Å². The average Bonchev–Trinajstić information content (AvgIpc) is 2.89. The van der Waals surface area contributed by atoms with Gasteiger partial charge in [-0.05, 0) is 53.6 Å². The van der Waals surface area contributed by atoms with Crippen LogP contribution in [0.4, 0.5) is 0 Å². The molecule has 2 rings (SSSR count). The van der Waals surface area contributed by atoms with E-state index in [2.05, 4.69) is 29.2 Å². The zero-order valence-electron chi connectivity index (χ0n) is 10.4. The Morgan fingerprint density at radius 2 is 2.17 bits per heavy atom. The van der Waals surface area contributed by atoms with E-state index in [1.54, 1.807) is 0 Å². The molecule has 1 aliphatic rings. The van der Waals surface area contributed by atoms with Crippen LogP contribution in [0.15, 0.2) is 36.9 Å². The zero-order chi connectivity index (χ0) is 13.0. The molecule has 0 aromatic heterocycles. The van der Waals surface area contributed by atoms with Crippen molar-refractivity contribution in [3.05, 3.63) is 46.1 Å². The minimum Gasteiger partial charge on any atom is -0.332 e. The van der Waals surface area contributed by atoms with E-state index in [0.29, 0.717) is 12.6 Å². The first-order chi connectivity index (χ1) is 8.72. The molecule has 2 nitrogen and oxygen atoms in total. The van der Waals surface area contributed by atoms with Crippen molar-refractivity contribution in [2.24, 2.45) is 0 Å². The maximum atomic E-state index is 12.5. The van der Waals surface area contributed by atoms with Gasteiger partial charge in [-0.25, -0.2) is 0 Å². The fraction of sp³-hybridized carbons (Fsp3) is 0.400. The van der Waals surface area contributed by atoms with Gasteiger partial charge in [0.15, 0.2) is 0 Å². The van der Waals surface area contributed by atoms with Crippen LogP contribution in [0, 0.1) is 3.57 Å². The van der Waals surface area contributed by atoms with Crippen molar-refractivity contribution >= 4 is 28.5 Å². The molecule has 1 aromatic rings. The fourth-order valence-corrected chi connectivity index (χ4v) is 3.08. The molecule has 1 saturated carbocycles. The molecule has 0 heterocycles. The molecule has 0 spiro atoms. The van der Waals surface area contributed by atoms with Gasteiger partial charge in [0.1, 0.15) is 0 Å². The fourth-order valence-electron chi connectivity index (χ4n) is 2.54. The topological polar surface area (TPSA) is 20.3 Å². The quantitative estimate of drug-likeness (QED) is 0.593. The van der Waals surface area contributed by atoms with Crippen LogP contribution in [-0.4, -0.2) is 23.4 Å². The van der Waals surface area contributed by atoms with Crippen LogP contribution in [0.2, 0.25) is 0 Å². The van der Waals surface area contributed by atoms with Gasteiger partial charge in [0.2, 0.25) is 0 Å². The minimum atomic E-state index is 0.139. The van der Waals surface area contributed by atoms with Crippen LogP contribution >= 0.6 is 22.6 Å². The highest BCUT2D eigenvalue weighted by atomic mass is 127. The molecule has 1 aromatic carbocycles. The summed E-state index contributed by atoms with van der Waals surface area (Å²) in [7, 11) is 0. The van der Waals surface area contributed by atoms with Gasteiger partial charge in [-0.15, -0.1) is 6.58 Å². The first-order valence-electron chi connectivity index (χ1n) is 6.40. The maximum Gasteiger partial charge on any atom is 0.254 e. The molecule has 1 aliphatic carbocycles. The summed E-state index contributed by atoms with van der Waals surface area (Å²) in [5, 5.41) is 0. The van der Waals surface area contributed by atoms with Crippen LogP contribution in [0.5, 0.6) is 0 Å². The lowest BCUT2D eigenvalue weighted by Gasteiger charge is -2.28. The van der Waals surface area contributed by atoms with Gasteiger partial charge in [0.25, 0.3) is 5.91 Å². The largest absolute Gasteiger partial charge is 0.332 e. The second-order valence-corrected chi connectivity index (χ2v) is 5.94. The third-order valence-corrected chi connectivity index (χ3v) is 4.09. The lowest BCUT2D eigenvalue weighted by atomic mass is 10.1. The number of hydrogen-bond acceptors (Lipinski definition) is 1. The van der Waals surface area contributed by atoms with Crippen molar-refractivity contribution in [3.8, 4) is 0 Å². The van der Waals surface area contributed by atoms with E-state index < -0.39 is 0 Å². The Labute approximate surface area is 122 Å². The standard InChI is InChI=1S/C15H18INO/c1-2-10-17(14-8-3-4-9-14)15(18)12-6-5-7-13(16)11-12/h2,5-7,11,14H,1,3-4,8-10H2. The normalized spacial score (nSPS) is 15.6. The average molecular weight is 355 g/mol. The molecular weight excluding hydrogens is 337 g/mol. The first-order valence-corrected chi connectivity index (χ1v) is 7.47. The molecule has 0 unspecified atom stereocenters. The van der Waals surface area contributed by atoms with E-state index in [0.717, 1.165) is 22.0 Å². The number of halogens is 1. The summed E-state index contributed by atoms with van der Waals surface area (Å²) in [5.41, 5.74) is 0.788. The summed E-state index contributed by atoms with van der Waals surface area (Å²) in [6.07, 6.45) is 6.55. The van der Waals surface area contributed by atoms with Crippen molar-refractivity contribution < 1.29 is 4.79 Å². The van der Waals surface area contributed by atoms with Crippen LogP contribution in [0.3, 0.4) is 0 Å². The van der Waals surface area contributed by atoms with Crippen molar-refractivity contribution in [1.29, 1.82) is 0 Å². The van der Waals surface area contributed by atoms with Gasteiger partial charge in [0, 0.05) is 21.7 Å². The number of carbonyl (C=O) groups is 1. The third-order valence-electron chi connectivity index (χ3n) is 3.42. The number of amides is 1. The highest BCUT2D eigenvalue weighted by Gasteiger charge is 2.26. The summed E-state index contributed by atoms with van der Waals surface area (Å²) < 4.78 is 1.10. The molecule has 96 valence electrons. The number of carbonyl (C=O) groups excluding carboxylic acids is 1. The van der Waals surface area contributed by atoms with Gasteiger partial charge in [0.05, 0.1) is 0 Å². The predicted octanol–water partition coefficient (Wildman–Crippen LogP) is 3.86. The van der Waals surface area contributed by atoms with E-state index in [1.807, 2.05) is 35.2 Å². The molecular formula is C15H18INO. The van der Waals surface area contributed by atoms with Crippen LogP contribution < -0.4 is 0 Å². The van der Waals surface area contributed by atoms with Crippen molar-refractivity contribution in [2.45, 2.75) is 31.7 Å². The zero-order valence-corrected chi connectivity index (χ0v) is 12.6. The first kappa shape index (κ1) is 13.6. The molecule has 0 atom stereocenters. The number of benzene rings is 1. The summed E-state index contributed by atoms with van der Waals surface area (Å²) in [4.78, 5) is 14.5. The van der Waals surface area contributed by atoms with E-state index in [-0.39, 0.29) is 5.91 Å². The second kappa shape index (κ2) is 6.36. The monoisotopic (exact) mass is 355 g/mol. The van der Waals surface area contributed by atoms with E-state index in [9.17, 15) is 4.79 Å². The lowest BCUT2D eigenvalue weighted by molar-refractivity contribution is 0.0706. The second-order valence-electron chi connectivity index (χ2n) is 4.69. The van der Waals surface area contributed by atoms with Crippen LogP contribution in [0.25, 0.3) is 0 Å². The van der Waals surface area contributed by atoms with E-state index >= 15 is 0 Å². The SMILES string of the molecule is C=CCN(C(=O)c1cccc(I)c1)C1CCCC1. The Bertz CT molecular complexity index is 438. The molecule has 1 fully saturated rings. The Hall–Kier alpha value is -0.840. The Kier molecular flexibility index (Phi) is 4.80. The number of nitrogens with zero attached hydrogens (tertiary/aromatic N) is 1. The molecule has 3 heteroatoms. The molecule has 18 heavy (non-hydrogen) atoms. The Morgan fingerprint density at radius 3 is 2.78 bits per heavy atom. The summed E-state index contributed by atoms with van der Waals surface area (Å²) in [6, 6.07) is 8.19. The highest BCUT2D eigenvalue weighted by molar-refractivity contribution is 14.1. The maximum absolute atomic E-state index is 12.5. The van der Waals surface area contributed by atoms with E-state index in [1.165, 1.54) is 12.8 Å². The number of rotatable bonds is 4. The smallest absolute Gasteiger partial charge is 0.254 e. The van der Waals surface area contributed by atoms with Gasteiger partial charge in [-0.2, -0.15) is 0 Å².